The zero-order valence-electron chi connectivity index (χ0n) is 17.1. The summed E-state index contributed by atoms with van der Waals surface area (Å²) in [6, 6.07) is 6.14. The predicted molar refractivity (Wildman–Crippen MR) is 111 cm³/mol. The Hall–Kier alpha value is -1.77. The maximum absolute atomic E-state index is 12.9. The first-order chi connectivity index (χ1) is 13.9. The quantitative estimate of drug-likeness (QED) is 0.512. The lowest BCUT2D eigenvalue weighted by molar-refractivity contribution is -0.126. The Balaban J connectivity index is 1.47. The van der Waals surface area contributed by atoms with Crippen LogP contribution in [0.15, 0.2) is 29.2 Å². The molecule has 0 saturated carbocycles. The van der Waals surface area contributed by atoms with Crippen molar-refractivity contribution in [2.24, 2.45) is 5.92 Å². The molecule has 0 bridgehead atoms. The molecule has 2 aliphatic heterocycles. The summed E-state index contributed by atoms with van der Waals surface area (Å²) in [5.74, 6) is -0.277. The number of carbonyl (C=O) groups excluding carboxylic acids is 2. The second-order valence-electron chi connectivity index (χ2n) is 7.96. The first-order valence-corrected chi connectivity index (χ1v) is 11.9. The van der Waals surface area contributed by atoms with E-state index < -0.39 is 10.0 Å². The fraction of sp³-hybridized carbons (Fsp3) is 0.619. The molecule has 1 amide bonds. The minimum atomic E-state index is -3.65. The van der Waals surface area contributed by atoms with Crippen molar-refractivity contribution in [3.05, 3.63) is 29.8 Å². The van der Waals surface area contributed by atoms with Gasteiger partial charge >= 0.3 is 0 Å². The van der Waals surface area contributed by atoms with Crippen molar-refractivity contribution < 1.29 is 18.0 Å². The molecule has 2 aliphatic rings. The van der Waals surface area contributed by atoms with E-state index in [9.17, 15) is 18.0 Å². The number of hydrogen-bond acceptors (Lipinski definition) is 5. The molecule has 0 spiro atoms. The summed E-state index contributed by atoms with van der Waals surface area (Å²) in [5.41, 5.74) is 0.384. The van der Waals surface area contributed by atoms with Gasteiger partial charge in [-0.25, -0.2) is 8.42 Å². The van der Waals surface area contributed by atoms with Crippen LogP contribution in [0.3, 0.4) is 0 Å². The van der Waals surface area contributed by atoms with Crippen LogP contribution in [-0.2, 0) is 14.8 Å². The highest BCUT2D eigenvalue weighted by molar-refractivity contribution is 7.89. The minimum Gasteiger partial charge on any atom is -0.356 e. The molecule has 2 saturated heterocycles. The first kappa shape index (κ1) is 21.9. The van der Waals surface area contributed by atoms with Crippen molar-refractivity contribution in [1.29, 1.82) is 0 Å². The van der Waals surface area contributed by atoms with E-state index in [1.54, 1.807) is 12.1 Å². The second kappa shape index (κ2) is 9.82. The molecule has 3 rings (SSSR count). The third-order valence-corrected chi connectivity index (χ3v) is 7.75. The Bertz CT molecular complexity index is 826. The summed E-state index contributed by atoms with van der Waals surface area (Å²) in [7, 11) is -3.65. The van der Waals surface area contributed by atoms with E-state index in [0.29, 0.717) is 38.0 Å². The number of amides is 1. The van der Waals surface area contributed by atoms with Gasteiger partial charge in [0, 0.05) is 31.1 Å². The molecule has 7 nitrogen and oxygen atoms in total. The lowest BCUT2D eigenvalue weighted by Gasteiger charge is -2.30. The van der Waals surface area contributed by atoms with E-state index >= 15 is 0 Å². The molecule has 0 aromatic heterocycles. The van der Waals surface area contributed by atoms with Crippen LogP contribution in [0.2, 0.25) is 0 Å². The molecule has 0 aliphatic carbocycles. The number of Topliss-reactive ketones (excluding diaryl/α,β-unsaturated/α-hetero) is 1. The molecule has 1 N–H and O–H groups in total. The number of rotatable bonds is 8. The molecule has 0 unspecified atom stereocenters. The summed E-state index contributed by atoms with van der Waals surface area (Å²) < 4.78 is 27.2. The lowest BCUT2D eigenvalue weighted by Crippen LogP contribution is -2.43. The lowest BCUT2D eigenvalue weighted by atomic mass is 9.97. The first-order valence-electron chi connectivity index (χ1n) is 10.5. The average molecular weight is 422 g/mol. The molecule has 160 valence electrons. The molecule has 0 radical (unpaired) electrons. The van der Waals surface area contributed by atoms with Gasteiger partial charge < -0.3 is 10.2 Å². The van der Waals surface area contributed by atoms with Crippen molar-refractivity contribution in [2.45, 2.75) is 43.9 Å². The number of carbonyl (C=O) groups is 2. The fourth-order valence-corrected chi connectivity index (χ4v) is 5.56. The standard InChI is InChI=1S/C21H31N3O4S/c1-17(25)19-6-4-7-20(16-19)29(27,28)24-14-8-18(9-15-24)21(26)22-10-5-13-23-11-2-3-12-23/h4,6-7,16,18H,2-3,5,8-15H2,1H3,(H,22,26). The number of nitrogens with zero attached hydrogens (tertiary/aromatic N) is 2. The van der Waals surface area contributed by atoms with Crippen molar-refractivity contribution in [2.75, 3.05) is 39.3 Å². The Morgan fingerprint density at radius 2 is 1.79 bits per heavy atom. The molecule has 2 fully saturated rings. The zero-order chi connectivity index (χ0) is 20.9. The van der Waals surface area contributed by atoms with Gasteiger partial charge in [0.25, 0.3) is 0 Å². The van der Waals surface area contributed by atoms with E-state index in [2.05, 4.69) is 10.2 Å². The van der Waals surface area contributed by atoms with Gasteiger partial charge in [0.1, 0.15) is 0 Å². The van der Waals surface area contributed by atoms with Crippen molar-refractivity contribution in [3.63, 3.8) is 0 Å². The van der Waals surface area contributed by atoms with Gasteiger partial charge in [-0.2, -0.15) is 4.31 Å². The smallest absolute Gasteiger partial charge is 0.243 e. The van der Waals surface area contributed by atoms with Crippen LogP contribution in [-0.4, -0.2) is 68.6 Å². The van der Waals surface area contributed by atoms with Crippen molar-refractivity contribution >= 4 is 21.7 Å². The molecule has 29 heavy (non-hydrogen) atoms. The largest absolute Gasteiger partial charge is 0.356 e. The van der Waals surface area contributed by atoms with Gasteiger partial charge in [0.15, 0.2) is 5.78 Å². The monoisotopic (exact) mass is 421 g/mol. The number of hydrogen-bond donors (Lipinski definition) is 1. The number of likely N-dealkylation sites (tertiary alicyclic amines) is 1. The van der Waals surface area contributed by atoms with Gasteiger partial charge in [-0.05, 0) is 70.8 Å². The Labute approximate surface area is 173 Å². The van der Waals surface area contributed by atoms with E-state index in [1.807, 2.05) is 0 Å². The summed E-state index contributed by atoms with van der Waals surface area (Å²) in [6.45, 7) is 6.08. The van der Waals surface area contributed by atoms with Crippen molar-refractivity contribution in [1.82, 2.24) is 14.5 Å². The van der Waals surface area contributed by atoms with Gasteiger partial charge in [-0.1, -0.05) is 12.1 Å². The summed E-state index contributed by atoms with van der Waals surface area (Å²) in [6.07, 6.45) is 4.53. The van der Waals surface area contributed by atoms with Crippen LogP contribution in [0.4, 0.5) is 0 Å². The van der Waals surface area contributed by atoms with E-state index in [4.69, 9.17) is 0 Å². The summed E-state index contributed by atoms with van der Waals surface area (Å²) >= 11 is 0. The maximum atomic E-state index is 12.9. The van der Waals surface area contributed by atoms with Crippen LogP contribution < -0.4 is 5.32 Å². The number of sulfonamides is 1. The third-order valence-electron chi connectivity index (χ3n) is 5.85. The van der Waals surface area contributed by atoms with Crippen LogP contribution in [0.5, 0.6) is 0 Å². The third kappa shape index (κ3) is 5.65. The van der Waals surface area contributed by atoms with Gasteiger partial charge in [0.2, 0.25) is 15.9 Å². The van der Waals surface area contributed by atoms with Crippen LogP contribution in [0.1, 0.15) is 49.4 Å². The molecular formula is C21H31N3O4S. The predicted octanol–water partition coefficient (Wildman–Crippen LogP) is 1.89. The Kier molecular flexibility index (Phi) is 7.43. The van der Waals surface area contributed by atoms with Gasteiger partial charge in [-0.15, -0.1) is 0 Å². The highest BCUT2D eigenvalue weighted by atomic mass is 32.2. The molecule has 0 atom stereocenters. The van der Waals surface area contributed by atoms with Crippen LogP contribution in [0, 0.1) is 5.92 Å². The number of piperidine rings is 1. The highest BCUT2D eigenvalue weighted by Crippen LogP contribution is 2.24. The molecule has 1 aromatic rings. The number of nitrogens with one attached hydrogen (secondary N) is 1. The van der Waals surface area contributed by atoms with Gasteiger partial charge in [-0.3, -0.25) is 9.59 Å². The number of benzene rings is 1. The number of ketones is 1. The van der Waals surface area contributed by atoms with Crippen molar-refractivity contribution in [3.8, 4) is 0 Å². The Morgan fingerprint density at radius 1 is 1.10 bits per heavy atom. The normalized spacial score (nSPS) is 19.3. The average Bonchev–Trinajstić information content (AvgIpc) is 3.25. The Morgan fingerprint density at radius 3 is 2.45 bits per heavy atom. The van der Waals surface area contributed by atoms with E-state index in [-0.39, 0.29) is 22.5 Å². The molecule has 1 aromatic carbocycles. The highest BCUT2D eigenvalue weighted by Gasteiger charge is 2.32. The van der Waals surface area contributed by atoms with Crippen LogP contribution in [0.25, 0.3) is 0 Å². The summed E-state index contributed by atoms with van der Waals surface area (Å²) in [5, 5.41) is 3.01. The zero-order valence-corrected chi connectivity index (χ0v) is 17.9. The molecule has 8 heteroatoms. The van der Waals surface area contributed by atoms with E-state index in [1.165, 1.54) is 36.2 Å². The van der Waals surface area contributed by atoms with Crippen LogP contribution >= 0.6 is 0 Å². The second-order valence-corrected chi connectivity index (χ2v) is 9.89. The maximum Gasteiger partial charge on any atom is 0.243 e. The molecule has 2 heterocycles. The molecular weight excluding hydrogens is 390 g/mol. The SMILES string of the molecule is CC(=O)c1cccc(S(=O)(=O)N2CCC(C(=O)NCCCN3CCCC3)CC2)c1. The minimum absolute atomic E-state index is 0.0297. The fourth-order valence-electron chi connectivity index (χ4n) is 4.05. The summed E-state index contributed by atoms with van der Waals surface area (Å²) in [4.78, 5) is 26.5. The van der Waals surface area contributed by atoms with E-state index in [0.717, 1.165) is 26.1 Å². The topological polar surface area (TPSA) is 86.8 Å². The van der Waals surface area contributed by atoms with Gasteiger partial charge in [0.05, 0.1) is 4.90 Å².